The zero-order chi connectivity index (χ0) is 13.7. The van der Waals surface area contributed by atoms with Crippen LogP contribution in [0.4, 0.5) is 5.69 Å². The van der Waals surface area contributed by atoms with Crippen molar-refractivity contribution >= 4 is 10.1 Å². The van der Waals surface area contributed by atoms with Crippen LogP contribution in [-0.2, 0) is 23.3 Å². The van der Waals surface area contributed by atoms with Crippen LogP contribution in [-0.4, -0.2) is 4.40 Å². The van der Waals surface area contributed by atoms with Crippen molar-refractivity contribution in [2.45, 2.75) is 26.2 Å². The second-order valence-corrected chi connectivity index (χ2v) is 7.45. The maximum atomic E-state index is 4.83. The van der Waals surface area contributed by atoms with Gasteiger partial charge in [0, 0.05) is 0 Å². The predicted octanol–water partition coefficient (Wildman–Crippen LogP) is 4.67. The molecule has 0 unspecified atom stereocenters. The molecule has 1 nitrogen and oxygen atoms in total. The average molecular weight is 421 g/mol. The quantitative estimate of drug-likeness (QED) is 0.683. The summed E-state index contributed by atoms with van der Waals surface area (Å²) in [6.45, 7) is 6.67. The molecule has 0 aliphatic rings. The first-order valence-electron chi connectivity index (χ1n) is 6.42. The van der Waals surface area contributed by atoms with Crippen LogP contribution in [0.1, 0.15) is 25.0 Å². The molecule has 0 fully saturated rings. The predicted molar refractivity (Wildman–Crippen MR) is 78.8 cm³/mol. The number of hydrogen-bond acceptors (Lipinski definition) is 1. The summed E-state index contributed by atoms with van der Waals surface area (Å²) in [5.41, 5.74) is 3.92. The van der Waals surface area contributed by atoms with Crippen LogP contribution in [0.15, 0.2) is 58.1 Å². The molecule has 0 aromatic heterocycles. The number of rotatable bonds is 3. The molecule has 0 heterocycles. The van der Waals surface area contributed by atoms with Crippen molar-refractivity contribution in [2.75, 3.05) is 0 Å². The second-order valence-electron chi connectivity index (χ2n) is 5.19. The Bertz CT molecular complexity index is 608. The minimum absolute atomic E-state index is 0.123. The summed E-state index contributed by atoms with van der Waals surface area (Å²) < 4.78 is 7.27. The molecule has 0 saturated carbocycles. The van der Waals surface area contributed by atoms with Gasteiger partial charge in [-0.3, -0.25) is 0 Å². The molecule has 0 aliphatic carbocycles. The molecule has 2 rings (SSSR count). The minimum atomic E-state index is -0.816. The van der Waals surface area contributed by atoms with Gasteiger partial charge in [0.1, 0.15) is 0 Å². The number of nitrogens with zero attached hydrogens (tertiary/aromatic N) is 1. The molecular weight excluding hydrogens is 402 g/mol. The Morgan fingerprint density at radius 2 is 1.58 bits per heavy atom. The van der Waals surface area contributed by atoms with Crippen LogP contribution in [0.25, 0.3) is 0 Å². The first kappa shape index (κ1) is 14.2. The third-order valence-corrected chi connectivity index (χ3v) is 6.71. The van der Waals surface area contributed by atoms with Crippen LogP contribution in [0, 0.1) is 6.92 Å². The van der Waals surface area contributed by atoms with E-state index in [2.05, 4.69) is 79.8 Å². The molecule has 0 atom stereocenters. The van der Waals surface area contributed by atoms with Gasteiger partial charge in [-0.25, -0.2) is 0 Å². The molecule has 19 heavy (non-hydrogen) atoms. The standard InChI is InChI=1S/C10H12.C7H7N.W/c1-10(2,3)9-7-5-4-6-8-9;1-6-4-2-3-5-7(6)8;/h1,4-8H,2-3H3;2-5H,1H3;. The molecule has 0 radical (unpaired) electrons. The van der Waals surface area contributed by atoms with Crippen LogP contribution in [0.5, 0.6) is 0 Å². The van der Waals surface area contributed by atoms with E-state index in [0.717, 1.165) is 5.69 Å². The second kappa shape index (κ2) is 6.30. The fourth-order valence-electron chi connectivity index (χ4n) is 1.82. The molecule has 2 aromatic carbocycles. The first-order valence-corrected chi connectivity index (χ1v) is 9.42. The Kier molecular flexibility index (Phi) is 4.71. The van der Waals surface area contributed by atoms with Gasteiger partial charge in [-0.1, -0.05) is 0 Å². The average Bonchev–Trinajstić information content (AvgIpc) is 2.42. The normalized spacial score (nSPS) is 10.9. The van der Waals surface area contributed by atoms with Gasteiger partial charge in [0.05, 0.1) is 0 Å². The fourth-order valence-corrected chi connectivity index (χ4v) is 4.59. The van der Waals surface area contributed by atoms with Gasteiger partial charge in [0.25, 0.3) is 0 Å². The van der Waals surface area contributed by atoms with Gasteiger partial charge in [-0.05, 0) is 0 Å². The molecule has 0 N–H and O–H groups in total. The summed E-state index contributed by atoms with van der Waals surface area (Å²) in [6.07, 6.45) is 0. The first-order chi connectivity index (χ1) is 9.09. The van der Waals surface area contributed by atoms with Crippen LogP contribution in [0.2, 0.25) is 0 Å². The van der Waals surface area contributed by atoms with Crippen molar-refractivity contribution in [3.63, 3.8) is 0 Å². The van der Waals surface area contributed by atoms with E-state index >= 15 is 0 Å². The summed E-state index contributed by atoms with van der Waals surface area (Å²) >= 11 is -0.816. The Morgan fingerprint density at radius 3 is 2.26 bits per heavy atom. The van der Waals surface area contributed by atoms with Crippen LogP contribution < -0.4 is 0 Å². The Morgan fingerprint density at radius 1 is 0.947 bits per heavy atom. The third-order valence-electron chi connectivity index (χ3n) is 3.13. The van der Waals surface area contributed by atoms with Crippen LogP contribution >= 0.6 is 0 Å². The van der Waals surface area contributed by atoms with E-state index in [1.165, 1.54) is 11.1 Å². The maximum absolute atomic E-state index is 4.83. The molecule has 2 aromatic rings. The summed E-state index contributed by atoms with van der Waals surface area (Å²) in [5, 5.41) is 0. The monoisotopic (exact) mass is 421 g/mol. The molecule has 0 bridgehead atoms. The fraction of sp³-hybridized carbons (Fsp3) is 0.235. The summed E-state index contributed by atoms with van der Waals surface area (Å²) in [5.74, 6) is 0. The molecule has 2 heteroatoms. The Hall–Kier alpha value is -1.20. The molecule has 0 amide bonds. The van der Waals surface area contributed by atoms with Crippen LogP contribution in [0.3, 0.4) is 0 Å². The number of hydrogen-bond donors (Lipinski definition) is 0. The summed E-state index contributed by atoms with van der Waals surface area (Å²) in [6, 6.07) is 19.0. The van der Waals surface area contributed by atoms with Crippen molar-refractivity contribution in [2.24, 2.45) is 3.50 Å². The van der Waals surface area contributed by atoms with Gasteiger partial charge in [-0.15, -0.1) is 0 Å². The third kappa shape index (κ3) is 3.88. The van der Waals surface area contributed by atoms with E-state index < -0.39 is 17.9 Å². The van der Waals surface area contributed by atoms with Crippen molar-refractivity contribution in [1.82, 2.24) is 0 Å². The van der Waals surface area contributed by atoms with Crippen molar-refractivity contribution < 1.29 is 17.9 Å². The Balaban J connectivity index is 2.25. The van der Waals surface area contributed by atoms with Crippen molar-refractivity contribution in [3.8, 4) is 0 Å². The van der Waals surface area contributed by atoms with Crippen molar-refractivity contribution in [1.29, 1.82) is 0 Å². The van der Waals surface area contributed by atoms with E-state index in [4.69, 9.17) is 3.50 Å². The SMILES string of the molecule is Cc1ccccc1[N]=[W]=[CH]C(C)(C)c1ccccc1. The van der Waals surface area contributed by atoms with Gasteiger partial charge in [0.2, 0.25) is 0 Å². The van der Waals surface area contributed by atoms with Gasteiger partial charge in [-0.2, -0.15) is 0 Å². The van der Waals surface area contributed by atoms with E-state index in [1.54, 1.807) is 0 Å². The summed E-state index contributed by atoms with van der Waals surface area (Å²) in [7, 11) is 0. The molecule has 0 aliphatic heterocycles. The number of aryl methyl sites for hydroxylation is 1. The van der Waals surface area contributed by atoms with Gasteiger partial charge in [0.15, 0.2) is 0 Å². The van der Waals surface area contributed by atoms with E-state index in [0.29, 0.717) is 0 Å². The van der Waals surface area contributed by atoms with E-state index in [9.17, 15) is 0 Å². The molecule has 98 valence electrons. The topological polar surface area (TPSA) is 12.4 Å². The zero-order valence-corrected chi connectivity index (χ0v) is 14.6. The van der Waals surface area contributed by atoms with E-state index in [-0.39, 0.29) is 5.41 Å². The van der Waals surface area contributed by atoms with Crippen molar-refractivity contribution in [3.05, 3.63) is 65.7 Å². The van der Waals surface area contributed by atoms with E-state index in [1.807, 2.05) is 0 Å². The summed E-state index contributed by atoms with van der Waals surface area (Å²) in [4.78, 5) is 0. The Labute approximate surface area is 123 Å². The zero-order valence-electron chi connectivity index (χ0n) is 11.6. The molecule has 0 saturated heterocycles. The number of benzene rings is 2. The molecule has 0 spiro atoms. The van der Waals surface area contributed by atoms with Gasteiger partial charge >= 0.3 is 123 Å². The molecular formula is C17H19NW. The van der Waals surface area contributed by atoms with Gasteiger partial charge < -0.3 is 0 Å².